The summed E-state index contributed by atoms with van der Waals surface area (Å²) in [4.78, 5) is 21.8. The number of pyridine rings is 1. The van der Waals surface area contributed by atoms with Crippen LogP contribution in [-0.2, 0) is 13.6 Å². The fraction of sp³-hybridized carbons (Fsp3) is 0.400. The Balaban J connectivity index is 1.33. The van der Waals surface area contributed by atoms with Gasteiger partial charge in [0.05, 0.1) is 24.4 Å². The van der Waals surface area contributed by atoms with E-state index in [0.717, 1.165) is 22.0 Å². The molecule has 0 aliphatic heterocycles. The summed E-state index contributed by atoms with van der Waals surface area (Å²) in [5.74, 6) is 0.824. The van der Waals surface area contributed by atoms with Gasteiger partial charge in [0.2, 0.25) is 5.88 Å². The molecule has 2 atom stereocenters. The van der Waals surface area contributed by atoms with Crippen LogP contribution >= 0.6 is 11.3 Å². The molecule has 3 aromatic rings. The van der Waals surface area contributed by atoms with Gasteiger partial charge < -0.3 is 14.8 Å². The topological polar surface area (TPSA) is 91.2 Å². The summed E-state index contributed by atoms with van der Waals surface area (Å²) in [6.45, 7) is -0.0289. The Labute approximate surface area is 180 Å². The quantitative estimate of drug-likeness (QED) is 0.536. The number of hydrogen-bond donors (Lipinski definition) is 1. The molecule has 2 unspecified atom stereocenters. The molecule has 11 heteroatoms. The number of anilines is 1. The van der Waals surface area contributed by atoms with Gasteiger partial charge in [-0.3, -0.25) is 9.78 Å². The average molecular weight is 449 g/mol. The number of nitrogens with zero attached hydrogens (tertiary/aromatic N) is 4. The van der Waals surface area contributed by atoms with E-state index in [9.17, 15) is 13.6 Å². The van der Waals surface area contributed by atoms with Crippen molar-refractivity contribution in [1.82, 2.24) is 19.7 Å². The number of ether oxygens (including phenoxy) is 2. The van der Waals surface area contributed by atoms with Crippen LogP contribution in [0.1, 0.15) is 27.9 Å². The van der Waals surface area contributed by atoms with Gasteiger partial charge in [-0.05, 0) is 25.5 Å². The normalized spacial score (nSPS) is 17.6. The third-order valence-corrected chi connectivity index (χ3v) is 5.81. The van der Waals surface area contributed by atoms with Gasteiger partial charge in [-0.25, -0.2) is 9.67 Å². The lowest BCUT2D eigenvalue weighted by Gasteiger charge is -2.10. The van der Waals surface area contributed by atoms with Gasteiger partial charge in [0.1, 0.15) is 11.4 Å². The summed E-state index contributed by atoms with van der Waals surface area (Å²) < 4.78 is 35.8. The summed E-state index contributed by atoms with van der Waals surface area (Å²) in [5, 5.41) is 8.25. The summed E-state index contributed by atoms with van der Waals surface area (Å²) in [7, 11) is 1.57. The van der Waals surface area contributed by atoms with E-state index in [1.807, 2.05) is 6.92 Å². The van der Waals surface area contributed by atoms with Crippen molar-refractivity contribution in [3.8, 4) is 11.6 Å². The minimum Gasteiger partial charge on any atom is -0.476 e. The lowest BCUT2D eigenvalue weighted by molar-refractivity contribution is -0.0500. The van der Waals surface area contributed by atoms with Crippen molar-refractivity contribution in [3.63, 3.8) is 0 Å². The molecular formula is C20H21F2N5O3S. The third kappa shape index (κ3) is 5.35. The highest BCUT2D eigenvalue weighted by molar-refractivity contribution is 7.11. The van der Waals surface area contributed by atoms with Crippen LogP contribution in [0.25, 0.3) is 0 Å². The maximum atomic E-state index is 12.3. The monoisotopic (exact) mass is 449 g/mol. The van der Waals surface area contributed by atoms with Gasteiger partial charge in [-0.1, -0.05) is 0 Å². The molecule has 0 amide bonds. The molecule has 4 rings (SSSR count). The van der Waals surface area contributed by atoms with E-state index >= 15 is 0 Å². The van der Waals surface area contributed by atoms with Crippen molar-refractivity contribution in [2.75, 3.05) is 11.9 Å². The second kappa shape index (κ2) is 8.96. The standard InChI is InChI=1S/C20H21F2N5O3S/c1-11-23-8-14(31-11)9-25-17-6-18(26-27(2)19(17)28)29-10-12-5-15(12)16-4-3-13(7-24-16)30-20(21)22/h3-4,6-8,12,15,20,25H,5,9-10H2,1-2H3. The number of aryl methyl sites for hydroxylation is 2. The molecule has 0 spiro atoms. The van der Waals surface area contributed by atoms with Crippen LogP contribution in [0.4, 0.5) is 14.5 Å². The predicted molar refractivity (Wildman–Crippen MR) is 111 cm³/mol. The van der Waals surface area contributed by atoms with E-state index in [4.69, 9.17) is 4.74 Å². The number of thiazole rings is 1. The fourth-order valence-corrected chi connectivity index (χ4v) is 3.95. The average Bonchev–Trinajstić information content (AvgIpc) is 3.39. The van der Waals surface area contributed by atoms with Crippen molar-refractivity contribution in [2.45, 2.75) is 32.4 Å². The Hall–Kier alpha value is -3.08. The Morgan fingerprint density at radius 3 is 2.84 bits per heavy atom. The van der Waals surface area contributed by atoms with Crippen LogP contribution in [0.2, 0.25) is 0 Å². The van der Waals surface area contributed by atoms with Gasteiger partial charge in [0, 0.05) is 41.7 Å². The first-order chi connectivity index (χ1) is 14.9. The van der Waals surface area contributed by atoms with E-state index < -0.39 is 6.61 Å². The Kier molecular flexibility index (Phi) is 6.12. The number of halogens is 2. The van der Waals surface area contributed by atoms with Crippen molar-refractivity contribution >= 4 is 17.0 Å². The minimum atomic E-state index is -2.87. The number of nitrogens with one attached hydrogen (secondary N) is 1. The molecule has 1 aliphatic rings. The Morgan fingerprint density at radius 2 is 2.16 bits per heavy atom. The first kappa shape index (κ1) is 21.2. The molecule has 1 fully saturated rings. The first-order valence-electron chi connectivity index (χ1n) is 9.66. The van der Waals surface area contributed by atoms with Crippen LogP contribution < -0.4 is 20.3 Å². The largest absolute Gasteiger partial charge is 0.476 e. The zero-order valence-electron chi connectivity index (χ0n) is 16.9. The summed E-state index contributed by atoms with van der Waals surface area (Å²) >= 11 is 1.57. The highest BCUT2D eigenvalue weighted by atomic mass is 32.1. The SMILES string of the molecule is Cc1ncc(CNc2cc(OCC3CC3c3ccc(OC(F)F)cn3)nn(C)c2=O)s1. The van der Waals surface area contributed by atoms with Crippen LogP contribution in [-0.4, -0.2) is 33.0 Å². The minimum absolute atomic E-state index is 0.0372. The zero-order valence-corrected chi connectivity index (χ0v) is 17.7. The lowest BCUT2D eigenvalue weighted by atomic mass is 10.2. The van der Waals surface area contributed by atoms with Crippen LogP contribution in [0.15, 0.2) is 35.4 Å². The van der Waals surface area contributed by atoms with Crippen molar-refractivity contribution in [3.05, 3.63) is 56.5 Å². The molecule has 164 valence electrons. The molecule has 0 aromatic carbocycles. The fourth-order valence-electron chi connectivity index (χ4n) is 3.22. The maximum absolute atomic E-state index is 12.3. The second-order valence-electron chi connectivity index (χ2n) is 7.23. The number of rotatable bonds is 9. The highest BCUT2D eigenvalue weighted by Gasteiger charge is 2.40. The summed E-state index contributed by atoms with van der Waals surface area (Å²) in [5.41, 5.74) is 0.973. The molecule has 1 aliphatic carbocycles. The third-order valence-electron chi connectivity index (χ3n) is 4.90. The molecule has 31 heavy (non-hydrogen) atoms. The Morgan fingerprint density at radius 1 is 1.32 bits per heavy atom. The van der Waals surface area contributed by atoms with E-state index in [1.165, 1.54) is 16.9 Å². The first-order valence-corrected chi connectivity index (χ1v) is 10.5. The molecule has 0 saturated heterocycles. The van der Waals surface area contributed by atoms with Gasteiger partial charge in [-0.2, -0.15) is 8.78 Å². The van der Waals surface area contributed by atoms with Crippen LogP contribution in [0.3, 0.4) is 0 Å². The molecule has 3 heterocycles. The highest BCUT2D eigenvalue weighted by Crippen LogP contribution is 2.46. The van der Waals surface area contributed by atoms with Gasteiger partial charge >= 0.3 is 6.61 Å². The number of aromatic nitrogens is 4. The lowest BCUT2D eigenvalue weighted by Crippen LogP contribution is -2.24. The second-order valence-corrected chi connectivity index (χ2v) is 8.55. The molecule has 1 saturated carbocycles. The molecule has 1 N–H and O–H groups in total. The van der Waals surface area contributed by atoms with Crippen LogP contribution in [0.5, 0.6) is 11.6 Å². The van der Waals surface area contributed by atoms with Crippen LogP contribution in [0, 0.1) is 12.8 Å². The van der Waals surface area contributed by atoms with Gasteiger partial charge in [0.15, 0.2) is 0 Å². The molecule has 8 nitrogen and oxygen atoms in total. The molecule has 0 radical (unpaired) electrons. The zero-order chi connectivity index (χ0) is 22.0. The molecular weight excluding hydrogens is 428 g/mol. The number of alkyl halides is 2. The van der Waals surface area contributed by atoms with Gasteiger partial charge in [0.25, 0.3) is 5.56 Å². The maximum Gasteiger partial charge on any atom is 0.387 e. The molecule has 3 aromatic heterocycles. The summed E-state index contributed by atoms with van der Waals surface area (Å²) in [6.07, 6.45) is 3.96. The number of hydrogen-bond acceptors (Lipinski definition) is 8. The van der Waals surface area contributed by atoms with Gasteiger partial charge in [-0.15, -0.1) is 16.4 Å². The van der Waals surface area contributed by atoms with E-state index in [2.05, 4.69) is 25.1 Å². The predicted octanol–water partition coefficient (Wildman–Crippen LogP) is 3.34. The Bertz CT molecular complexity index is 1100. The van der Waals surface area contributed by atoms with E-state index in [-0.39, 0.29) is 23.1 Å². The summed E-state index contributed by atoms with van der Waals surface area (Å²) in [6, 6.07) is 4.78. The molecule has 0 bridgehead atoms. The van der Waals surface area contributed by atoms with E-state index in [0.29, 0.717) is 24.7 Å². The van der Waals surface area contributed by atoms with E-state index in [1.54, 1.807) is 36.7 Å². The van der Waals surface area contributed by atoms with Crippen molar-refractivity contribution in [2.24, 2.45) is 13.0 Å². The van der Waals surface area contributed by atoms with Crippen molar-refractivity contribution < 1.29 is 18.3 Å². The smallest absolute Gasteiger partial charge is 0.387 e. The van der Waals surface area contributed by atoms with Crippen molar-refractivity contribution in [1.29, 1.82) is 0 Å².